The molecule has 1 aliphatic rings. The van der Waals surface area contributed by atoms with E-state index in [1.54, 1.807) is 0 Å². The van der Waals surface area contributed by atoms with Gasteiger partial charge in [-0.2, -0.15) is 0 Å². The monoisotopic (exact) mass is 234 g/mol. The zero-order valence-electron chi connectivity index (χ0n) is 10.1. The third kappa shape index (κ3) is 2.50. The van der Waals surface area contributed by atoms with Gasteiger partial charge in [-0.05, 0) is 24.8 Å². The second kappa shape index (κ2) is 4.88. The highest BCUT2D eigenvalue weighted by Crippen LogP contribution is 2.46. The quantitative estimate of drug-likeness (QED) is 0.852. The van der Waals surface area contributed by atoms with Crippen LogP contribution in [0.1, 0.15) is 31.7 Å². The van der Waals surface area contributed by atoms with Crippen LogP contribution in [0.3, 0.4) is 0 Å². The lowest BCUT2D eigenvalue weighted by atomic mass is 9.65. The van der Waals surface area contributed by atoms with Crippen molar-refractivity contribution in [3.63, 3.8) is 0 Å². The number of carboxylic acid groups (broad SMARTS) is 1. The molecule has 0 unspecified atom stereocenters. The number of hydrogen-bond donors (Lipinski definition) is 1. The van der Waals surface area contributed by atoms with Crippen molar-refractivity contribution in [2.45, 2.75) is 38.9 Å². The highest BCUT2D eigenvalue weighted by Gasteiger charge is 2.49. The molecule has 0 radical (unpaired) electrons. The van der Waals surface area contributed by atoms with Crippen molar-refractivity contribution in [2.24, 2.45) is 5.41 Å². The summed E-state index contributed by atoms with van der Waals surface area (Å²) in [5.41, 5.74) is 0.610. The van der Waals surface area contributed by atoms with Gasteiger partial charge in [-0.1, -0.05) is 37.3 Å². The molecule has 1 aromatic rings. The Bertz CT molecular complexity index is 380. The summed E-state index contributed by atoms with van der Waals surface area (Å²) in [6.45, 7) is 2.51. The van der Waals surface area contributed by atoms with E-state index in [2.05, 4.69) is 0 Å². The molecule has 92 valence electrons. The Labute approximate surface area is 101 Å². The Balaban J connectivity index is 1.80. The minimum atomic E-state index is -0.681. The molecule has 0 spiro atoms. The van der Waals surface area contributed by atoms with Gasteiger partial charge in [-0.3, -0.25) is 4.79 Å². The SMILES string of the molecule is CCC1(C(=O)O)CC(OCc2ccccc2)C1. The molecule has 1 aliphatic carbocycles. The van der Waals surface area contributed by atoms with E-state index in [1.165, 1.54) is 0 Å². The van der Waals surface area contributed by atoms with Gasteiger partial charge < -0.3 is 9.84 Å². The number of carbonyl (C=O) groups is 1. The average molecular weight is 234 g/mol. The molecule has 1 aromatic carbocycles. The van der Waals surface area contributed by atoms with Crippen molar-refractivity contribution in [1.29, 1.82) is 0 Å². The second-order valence-electron chi connectivity index (χ2n) is 4.77. The van der Waals surface area contributed by atoms with Crippen molar-refractivity contribution in [3.05, 3.63) is 35.9 Å². The summed E-state index contributed by atoms with van der Waals surface area (Å²) in [4.78, 5) is 11.1. The van der Waals surface area contributed by atoms with E-state index in [9.17, 15) is 4.79 Å². The van der Waals surface area contributed by atoms with E-state index >= 15 is 0 Å². The van der Waals surface area contributed by atoms with E-state index in [-0.39, 0.29) is 6.10 Å². The largest absolute Gasteiger partial charge is 0.481 e. The first-order valence-electron chi connectivity index (χ1n) is 6.05. The number of benzene rings is 1. The highest BCUT2D eigenvalue weighted by atomic mass is 16.5. The molecule has 17 heavy (non-hydrogen) atoms. The molecule has 3 heteroatoms. The molecule has 3 nitrogen and oxygen atoms in total. The van der Waals surface area contributed by atoms with Crippen LogP contribution < -0.4 is 0 Å². The maximum atomic E-state index is 11.1. The second-order valence-corrected chi connectivity index (χ2v) is 4.77. The third-order valence-corrected chi connectivity index (χ3v) is 3.70. The van der Waals surface area contributed by atoms with Crippen molar-refractivity contribution in [2.75, 3.05) is 0 Å². The van der Waals surface area contributed by atoms with Crippen molar-refractivity contribution in [1.82, 2.24) is 0 Å². The van der Waals surface area contributed by atoms with Crippen LogP contribution in [0, 0.1) is 5.41 Å². The Hall–Kier alpha value is -1.35. The molecule has 1 N–H and O–H groups in total. The van der Waals surface area contributed by atoms with Crippen LogP contribution >= 0.6 is 0 Å². The predicted molar refractivity (Wildman–Crippen MR) is 64.6 cm³/mol. The average Bonchev–Trinajstić information content (AvgIpc) is 2.29. The van der Waals surface area contributed by atoms with Gasteiger partial charge in [0.1, 0.15) is 0 Å². The molecule has 0 heterocycles. The zero-order valence-corrected chi connectivity index (χ0v) is 10.1. The predicted octanol–water partition coefficient (Wildman–Crippen LogP) is 2.85. The first kappa shape index (κ1) is 12.1. The Morgan fingerprint density at radius 1 is 1.41 bits per heavy atom. The number of ether oxygens (including phenoxy) is 1. The molecule has 0 saturated heterocycles. The van der Waals surface area contributed by atoms with Gasteiger partial charge in [0.2, 0.25) is 0 Å². The minimum Gasteiger partial charge on any atom is -0.481 e. The lowest BCUT2D eigenvalue weighted by Crippen LogP contribution is -2.47. The summed E-state index contributed by atoms with van der Waals surface area (Å²) in [7, 11) is 0. The fraction of sp³-hybridized carbons (Fsp3) is 0.500. The van der Waals surface area contributed by atoms with Crippen LogP contribution in [0.15, 0.2) is 30.3 Å². The first-order chi connectivity index (χ1) is 8.16. The van der Waals surface area contributed by atoms with Crippen molar-refractivity contribution < 1.29 is 14.6 Å². The van der Waals surface area contributed by atoms with Gasteiger partial charge in [-0.25, -0.2) is 0 Å². The van der Waals surface area contributed by atoms with E-state index in [0.29, 0.717) is 25.9 Å². The molecule has 0 atom stereocenters. The molecule has 0 aromatic heterocycles. The molecular weight excluding hydrogens is 216 g/mol. The minimum absolute atomic E-state index is 0.103. The highest BCUT2D eigenvalue weighted by molar-refractivity contribution is 5.76. The molecule has 2 rings (SSSR count). The summed E-state index contributed by atoms with van der Waals surface area (Å²) >= 11 is 0. The normalized spacial score (nSPS) is 27.5. The Kier molecular flexibility index (Phi) is 3.48. The van der Waals surface area contributed by atoms with Gasteiger partial charge in [-0.15, -0.1) is 0 Å². The molecular formula is C14H18O3. The van der Waals surface area contributed by atoms with Gasteiger partial charge in [0.05, 0.1) is 18.1 Å². The van der Waals surface area contributed by atoms with Crippen LogP contribution in [0.5, 0.6) is 0 Å². The van der Waals surface area contributed by atoms with Gasteiger partial charge in [0.15, 0.2) is 0 Å². The summed E-state index contributed by atoms with van der Waals surface area (Å²) in [5.74, 6) is -0.681. The third-order valence-electron chi connectivity index (χ3n) is 3.70. The molecule has 0 bridgehead atoms. The molecule has 0 amide bonds. The van der Waals surface area contributed by atoms with Crippen LogP contribution in [-0.2, 0) is 16.1 Å². The van der Waals surface area contributed by atoms with Crippen molar-refractivity contribution in [3.8, 4) is 0 Å². The number of carboxylic acids is 1. The topological polar surface area (TPSA) is 46.5 Å². The number of rotatable bonds is 5. The zero-order chi connectivity index (χ0) is 12.3. The van der Waals surface area contributed by atoms with Crippen LogP contribution in [0.4, 0.5) is 0 Å². The summed E-state index contributed by atoms with van der Waals surface area (Å²) in [5, 5.41) is 9.13. The summed E-state index contributed by atoms with van der Waals surface area (Å²) in [6.07, 6.45) is 2.08. The van der Waals surface area contributed by atoms with Crippen LogP contribution in [0.25, 0.3) is 0 Å². The molecule has 1 saturated carbocycles. The maximum Gasteiger partial charge on any atom is 0.309 e. The lowest BCUT2D eigenvalue weighted by molar-refractivity contribution is -0.169. The van der Waals surface area contributed by atoms with Gasteiger partial charge in [0.25, 0.3) is 0 Å². The van der Waals surface area contributed by atoms with E-state index < -0.39 is 11.4 Å². The van der Waals surface area contributed by atoms with Crippen molar-refractivity contribution >= 4 is 5.97 Å². The fourth-order valence-corrected chi connectivity index (χ4v) is 2.33. The standard InChI is InChI=1S/C14H18O3/c1-2-14(13(15)16)8-12(9-14)17-10-11-6-4-3-5-7-11/h3-7,12H,2,8-10H2,1H3,(H,15,16). The molecule has 0 aliphatic heterocycles. The smallest absolute Gasteiger partial charge is 0.309 e. The van der Waals surface area contributed by atoms with E-state index in [0.717, 1.165) is 5.56 Å². The summed E-state index contributed by atoms with van der Waals surface area (Å²) < 4.78 is 5.71. The number of hydrogen-bond acceptors (Lipinski definition) is 2. The first-order valence-corrected chi connectivity index (χ1v) is 6.05. The summed E-state index contributed by atoms with van der Waals surface area (Å²) in [6, 6.07) is 9.96. The van der Waals surface area contributed by atoms with Crippen LogP contribution in [-0.4, -0.2) is 17.2 Å². The fourth-order valence-electron chi connectivity index (χ4n) is 2.33. The van der Waals surface area contributed by atoms with Gasteiger partial charge in [0, 0.05) is 0 Å². The van der Waals surface area contributed by atoms with E-state index in [4.69, 9.17) is 9.84 Å². The van der Waals surface area contributed by atoms with E-state index in [1.807, 2.05) is 37.3 Å². The van der Waals surface area contributed by atoms with Gasteiger partial charge >= 0.3 is 5.97 Å². The lowest BCUT2D eigenvalue weighted by Gasteiger charge is -2.43. The van der Waals surface area contributed by atoms with Crippen LogP contribution in [0.2, 0.25) is 0 Å². The Morgan fingerprint density at radius 3 is 2.59 bits per heavy atom. The Morgan fingerprint density at radius 2 is 2.06 bits per heavy atom. The molecule has 1 fully saturated rings. The number of aliphatic carboxylic acids is 1. The maximum absolute atomic E-state index is 11.1.